The molecule has 6 N–H and O–H groups in total. The van der Waals surface area contributed by atoms with Crippen molar-refractivity contribution in [1.29, 1.82) is 10.7 Å². The Morgan fingerprint density at radius 2 is 1.14 bits per heavy atom. The third kappa shape index (κ3) is 14.8. The second kappa shape index (κ2) is 21.0. The van der Waals surface area contributed by atoms with Crippen molar-refractivity contribution in [3.05, 3.63) is 143 Å². The predicted molar refractivity (Wildman–Crippen MR) is 176 cm³/mol. The molecule has 0 unspecified atom stereocenters. The van der Waals surface area contributed by atoms with Crippen LogP contribution in [0.2, 0.25) is 0 Å². The van der Waals surface area contributed by atoms with E-state index in [0.717, 1.165) is 30.0 Å². The summed E-state index contributed by atoms with van der Waals surface area (Å²) >= 11 is 0. The Labute approximate surface area is 280 Å². The first-order valence-corrected chi connectivity index (χ1v) is 14.1. The summed E-state index contributed by atoms with van der Waals surface area (Å²) in [6.07, 6.45) is 2.02. The topological polar surface area (TPSA) is 221 Å². The number of carboxylic acids is 1. The van der Waals surface area contributed by atoms with Gasteiger partial charge in [-0.1, -0.05) is 36.4 Å². The molecule has 0 spiro atoms. The lowest BCUT2D eigenvalue weighted by molar-refractivity contribution is -0.134. The molecule has 5 aromatic rings. The molecule has 0 saturated heterocycles. The maximum absolute atomic E-state index is 12.8. The smallest absolute Gasteiger partial charge is 0.300 e. The van der Waals surface area contributed by atoms with Gasteiger partial charge in [0.05, 0.1) is 18.0 Å². The van der Waals surface area contributed by atoms with Crippen LogP contribution < -0.4 is 16.4 Å². The third-order valence-corrected chi connectivity index (χ3v) is 5.82. The number of nitrogens with one attached hydrogen (secondary N) is 3. The zero-order valence-corrected chi connectivity index (χ0v) is 26.0. The van der Waals surface area contributed by atoms with Gasteiger partial charge in [0.25, 0.3) is 17.8 Å². The molecule has 0 atom stereocenters. The number of nitriles is 1. The lowest BCUT2D eigenvalue weighted by Gasteiger charge is -2.06. The predicted octanol–water partition coefficient (Wildman–Crippen LogP) is 4.27. The van der Waals surface area contributed by atoms with E-state index in [1.807, 2.05) is 30.3 Å². The Morgan fingerprint density at radius 3 is 1.51 bits per heavy atom. The Kier molecular flexibility index (Phi) is 16.4. The van der Waals surface area contributed by atoms with Crippen LogP contribution in [0.4, 0.5) is 8.78 Å². The molecule has 0 radical (unpaired) electrons. The van der Waals surface area contributed by atoms with E-state index in [9.17, 15) is 18.4 Å². The number of carbonyl (C=O) groups excluding carboxylic acids is 2. The molecular weight excluding hydrogens is 636 g/mol. The number of hydrogen-bond acceptors (Lipinski definition) is 9. The molecule has 0 saturated carbocycles. The first-order chi connectivity index (χ1) is 23.6. The van der Waals surface area contributed by atoms with E-state index in [0.29, 0.717) is 35.6 Å². The van der Waals surface area contributed by atoms with Crippen LogP contribution in [0.1, 0.15) is 44.3 Å². The molecule has 0 aliphatic heterocycles. The lowest BCUT2D eigenvalue weighted by atomic mass is 10.1. The van der Waals surface area contributed by atoms with Crippen molar-refractivity contribution in [3.63, 3.8) is 0 Å². The normalized spacial score (nSPS) is 9.35. The molecule has 13 nitrogen and oxygen atoms in total. The maximum atomic E-state index is 12.8. The highest BCUT2D eigenvalue weighted by molar-refractivity contribution is 5.94. The number of aliphatic carboxylic acids is 1. The van der Waals surface area contributed by atoms with Crippen molar-refractivity contribution in [2.24, 2.45) is 5.73 Å². The van der Waals surface area contributed by atoms with E-state index in [-0.39, 0.29) is 23.4 Å². The van der Waals surface area contributed by atoms with Crippen molar-refractivity contribution < 1.29 is 28.3 Å². The van der Waals surface area contributed by atoms with E-state index in [1.165, 1.54) is 54.9 Å². The summed E-state index contributed by atoms with van der Waals surface area (Å²) in [6.45, 7) is 1.81. The molecule has 15 heteroatoms. The monoisotopic (exact) mass is 667 g/mol. The number of amides is 2. The van der Waals surface area contributed by atoms with Crippen LogP contribution in [0.25, 0.3) is 11.4 Å². The van der Waals surface area contributed by atoms with E-state index in [4.69, 9.17) is 20.6 Å². The molecule has 4 aromatic carbocycles. The van der Waals surface area contributed by atoms with Gasteiger partial charge in [0, 0.05) is 36.7 Å². The van der Waals surface area contributed by atoms with E-state index in [2.05, 4.69) is 36.8 Å². The average Bonchev–Trinajstić information content (AvgIpc) is 3.11. The Balaban J connectivity index is 0.000000290. The summed E-state index contributed by atoms with van der Waals surface area (Å²) < 4.78 is 25.5. The van der Waals surface area contributed by atoms with Gasteiger partial charge in [-0.05, 0) is 71.8 Å². The molecule has 5 rings (SSSR count). The van der Waals surface area contributed by atoms with Gasteiger partial charge in [0.2, 0.25) is 5.82 Å². The van der Waals surface area contributed by atoms with Crippen LogP contribution >= 0.6 is 0 Å². The number of nitrogens with zero attached hydrogens (tertiary/aromatic N) is 5. The number of carbonyl (C=O) groups is 3. The van der Waals surface area contributed by atoms with Crippen LogP contribution in [0.5, 0.6) is 0 Å². The van der Waals surface area contributed by atoms with Crippen LogP contribution in [0.3, 0.4) is 0 Å². The van der Waals surface area contributed by atoms with Gasteiger partial charge in [0.15, 0.2) is 6.33 Å². The first-order valence-electron chi connectivity index (χ1n) is 14.1. The molecule has 0 fully saturated rings. The van der Waals surface area contributed by atoms with Crippen molar-refractivity contribution >= 4 is 24.1 Å². The minimum Gasteiger partial charge on any atom is -0.481 e. The average molecular weight is 668 g/mol. The van der Waals surface area contributed by atoms with E-state index < -0.39 is 5.97 Å². The Hall–Kier alpha value is -6.95. The SMILES string of the molecule is CC(=O)O.N#Cc1ccc(CNC(=O)c2ccc(F)cc2)cc1.N=CN.O=C(NCc1ccc(-c2nncnn2)cc1)c1ccc(F)cc1. The van der Waals surface area contributed by atoms with Crippen LogP contribution in [0, 0.1) is 28.4 Å². The fraction of sp³-hybridized carbons (Fsp3) is 0.0882. The number of hydrogen-bond donors (Lipinski definition) is 5. The van der Waals surface area contributed by atoms with Gasteiger partial charge >= 0.3 is 0 Å². The van der Waals surface area contributed by atoms with Gasteiger partial charge in [-0.2, -0.15) is 5.26 Å². The number of aromatic nitrogens is 4. The van der Waals surface area contributed by atoms with Crippen LogP contribution in [-0.2, 0) is 17.9 Å². The van der Waals surface area contributed by atoms with Crippen molar-refractivity contribution in [3.8, 4) is 17.5 Å². The summed E-state index contributed by atoms with van der Waals surface area (Å²) in [5, 5.41) is 42.6. The second-order valence-corrected chi connectivity index (χ2v) is 9.44. The Morgan fingerprint density at radius 1 is 0.776 bits per heavy atom. The number of carboxylic acid groups (broad SMARTS) is 1. The van der Waals surface area contributed by atoms with E-state index in [1.54, 1.807) is 24.3 Å². The largest absolute Gasteiger partial charge is 0.481 e. The highest BCUT2D eigenvalue weighted by Crippen LogP contribution is 2.14. The van der Waals surface area contributed by atoms with Gasteiger partial charge in [-0.25, -0.2) is 8.78 Å². The summed E-state index contributed by atoms with van der Waals surface area (Å²) in [5.74, 6) is -1.65. The van der Waals surface area contributed by atoms with Crippen molar-refractivity contribution in [2.75, 3.05) is 0 Å². The number of halogens is 2. The van der Waals surface area contributed by atoms with Crippen LogP contribution in [-0.4, -0.2) is 49.6 Å². The third-order valence-electron chi connectivity index (χ3n) is 5.82. The molecule has 0 aliphatic carbocycles. The molecule has 1 heterocycles. The molecule has 1 aromatic heterocycles. The minimum absolute atomic E-state index is 0.256. The highest BCUT2D eigenvalue weighted by atomic mass is 19.1. The quantitative estimate of drug-likeness (QED) is 0.122. The number of rotatable bonds is 7. The van der Waals surface area contributed by atoms with Crippen LogP contribution in [0.15, 0.2) is 103 Å². The fourth-order valence-corrected chi connectivity index (χ4v) is 3.56. The fourth-order valence-electron chi connectivity index (χ4n) is 3.56. The van der Waals surface area contributed by atoms with Crippen molar-refractivity contribution in [2.45, 2.75) is 20.0 Å². The van der Waals surface area contributed by atoms with Gasteiger partial charge in [0.1, 0.15) is 11.6 Å². The lowest BCUT2D eigenvalue weighted by Crippen LogP contribution is -2.22. The highest BCUT2D eigenvalue weighted by Gasteiger charge is 2.07. The molecular formula is C34H31F2N9O4. The first kappa shape index (κ1) is 38.2. The van der Waals surface area contributed by atoms with Gasteiger partial charge in [-0.15, -0.1) is 20.4 Å². The molecule has 0 bridgehead atoms. The molecule has 0 aliphatic rings. The summed E-state index contributed by atoms with van der Waals surface area (Å²) in [6, 6.07) is 27.1. The summed E-state index contributed by atoms with van der Waals surface area (Å²) in [4.78, 5) is 32.7. The molecule has 250 valence electrons. The molecule has 2 amide bonds. The summed E-state index contributed by atoms with van der Waals surface area (Å²) in [5.41, 5.74) is 8.40. The number of nitrogens with two attached hydrogens (primary N) is 1. The van der Waals surface area contributed by atoms with Gasteiger partial charge < -0.3 is 21.5 Å². The van der Waals surface area contributed by atoms with E-state index >= 15 is 0 Å². The molecule has 49 heavy (non-hydrogen) atoms. The maximum Gasteiger partial charge on any atom is 0.300 e. The van der Waals surface area contributed by atoms with Crippen molar-refractivity contribution in [1.82, 2.24) is 31.0 Å². The van der Waals surface area contributed by atoms with Gasteiger partial charge in [-0.3, -0.25) is 19.8 Å². The zero-order valence-electron chi connectivity index (χ0n) is 26.0. The second-order valence-electron chi connectivity index (χ2n) is 9.44. The standard InChI is InChI=1S/C16H12FN5O.C15H11FN2O.C2H4O2.CH4N2/c17-14-7-5-13(6-8-14)16(23)18-9-11-1-3-12(4-2-11)15-21-19-10-20-22-15;16-14-7-5-13(6-8-14)15(19)18-10-12-3-1-11(9-17)2-4-12;1-2(3)4;2-1-3/h1-8,10H,9H2,(H,18,23);1-8H,10H2,(H,18,19);1H3,(H,3,4);1H,(H3,2,3). The zero-order chi connectivity index (χ0) is 36.0. The Bertz CT molecular complexity index is 1810. The number of benzene rings is 4. The minimum atomic E-state index is -0.833. The summed E-state index contributed by atoms with van der Waals surface area (Å²) in [7, 11) is 0.